The van der Waals surface area contributed by atoms with Crippen molar-refractivity contribution in [2.75, 3.05) is 18.4 Å². The number of rotatable bonds is 5. The third-order valence-corrected chi connectivity index (χ3v) is 2.26. The second kappa shape index (κ2) is 7.10. The van der Waals surface area contributed by atoms with Crippen LogP contribution in [0, 0.1) is 5.82 Å². The van der Waals surface area contributed by atoms with E-state index < -0.39 is 17.6 Å². The van der Waals surface area contributed by atoms with Crippen molar-refractivity contribution in [2.24, 2.45) is 0 Å². The van der Waals surface area contributed by atoms with Crippen LogP contribution in [0.2, 0.25) is 0 Å². The molecular formula is C14H15FN2O2. The standard InChI is InChI=1S/C14H15FN2O2/c1-3-8-17(9-4-2)14(19)13(18)16-12-7-5-6-11(15)10-12/h3-7,10H,1-2,8-9H2,(H,16,18). The van der Waals surface area contributed by atoms with Crippen molar-refractivity contribution in [2.45, 2.75) is 0 Å². The molecule has 0 aliphatic rings. The highest BCUT2D eigenvalue weighted by molar-refractivity contribution is 6.39. The summed E-state index contributed by atoms with van der Waals surface area (Å²) in [6.45, 7) is 7.50. The molecule has 0 saturated carbocycles. The predicted molar refractivity (Wildman–Crippen MR) is 72.0 cm³/mol. The highest BCUT2D eigenvalue weighted by Gasteiger charge is 2.20. The molecule has 0 fully saturated rings. The molecule has 0 aromatic heterocycles. The van der Waals surface area contributed by atoms with Gasteiger partial charge in [-0.25, -0.2) is 4.39 Å². The molecule has 0 heterocycles. The lowest BCUT2D eigenvalue weighted by atomic mass is 10.3. The molecular weight excluding hydrogens is 247 g/mol. The molecule has 1 N–H and O–H groups in total. The van der Waals surface area contributed by atoms with Crippen LogP contribution in [-0.2, 0) is 9.59 Å². The third kappa shape index (κ3) is 4.39. The summed E-state index contributed by atoms with van der Waals surface area (Å²) in [5.74, 6) is -2.03. The molecule has 0 spiro atoms. The summed E-state index contributed by atoms with van der Waals surface area (Å²) in [6, 6.07) is 5.33. The number of carbonyl (C=O) groups excluding carboxylic acids is 2. The molecule has 0 unspecified atom stereocenters. The lowest BCUT2D eigenvalue weighted by Gasteiger charge is -2.18. The van der Waals surface area contributed by atoms with E-state index in [1.165, 1.54) is 35.3 Å². The van der Waals surface area contributed by atoms with E-state index in [4.69, 9.17) is 0 Å². The van der Waals surface area contributed by atoms with Crippen LogP contribution in [0.3, 0.4) is 0 Å². The van der Waals surface area contributed by atoms with Gasteiger partial charge in [0.1, 0.15) is 5.82 Å². The first-order valence-electron chi connectivity index (χ1n) is 5.66. The summed E-state index contributed by atoms with van der Waals surface area (Å²) < 4.78 is 12.9. The van der Waals surface area contributed by atoms with E-state index in [1.54, 1.807) is 0 Å². The normalized spacial score (nSPS) is 9.53. The predicted octanol–water partition coefficient (Wildman–Crippen LogP) is 1.96. The fourth-order valence-electron chi connectivity index (χ4n) is 1.45. The first kappa shape index (κ1) is 14.6. The summed E-state index contributed by atoms with van der Waals surface area (Å²) in [7, 11) is 0. The highest BCUT2D eigenvalue weighted by Crippen LogP contribution is 2.09. The van der Waals surface area contributed by atoms with Crippen molar-refractivity contribution in [1.82, 2.24) is 4.90 Å². The van der Waals surface area contributed by atoms with Crippen LogP contribution in [-0.4, -0.2) is 29.8 Å². The Bertz CT molecular complexity index is 490. The summed E-state index contributed by atoms with van der Waals surface area (Å²) in [5, 5.41) is 2.34. The average Bonchev–Trinajstić information content (AvgIpc) is 2.37. The number of nitrogens with zero attached hydrogens (tertiary/aromatic N) is 1. The van der Waals surface area contributed by atoms with E-state index in [9.17, 15) is 14.0 Å². The number of carbonyl (C=O) groups is 2. The number of anilines is 1. The van der Waals surface area contributed by atoms with Crippen LogP contribution in [0.25, 0.3) is 0 Å². The third-order valence-electron chi connectivity index (χ3n) is 2.26. The Labute approximate surface area is 111 Å². The highest BCUT2D eigenvalue weighted by atomic mass is 19.1. The molecule has 0 aliphatic heterocycles. The Kier molecular flexibility index (Phi) is 5.47. The molecule has 0 atom stereocenters. The van der Waals surface area contributed by atoms with Crippen LogP contribution < -0.4 is 5.32 Å². The molecule has 1 rings (SSSR count). The van der Waals surface area contributed by atoms with Crippen molar-refractivity contribution in [1.29, 1.82) is 0 Å². The number of benzene rings is 1. The fraction of sp³-hybridized carbons (Fsp3) is 0.143. The second-order valence-corrected chi connectivity index (χ2v) is 3.75. The van der Waals surface area contributed by atoms with Gasteiger partial charge in [0, 0.05) is 18.8 Å². The van der Waals surface area contributed by atoms with E-state index in [0.717, 1.165) is 6.07 Å². The van der Waals surface area contributed by atoms with Crippen molar-refractivity contribution >= 4 is 17.5 Å². The molecule has 4 nitrogen and oxygen atoms in total. The Morgan fingerprint density at radius 3 is 2.42 bits per heavy atom. The van der Waals surface area contributed by atoms with Gasteiger partial charge in [-0.15, -0.1) is 13.2 Å². The van der Waals surface area contributed by atoms with Gasteiger partial charge in [0.15, 0.2) is 0 Å². The molecule has 2 amide bonds. The minimum atomic E-state index is -0.825. The van der Waals surface area contributed by atoms with Gasteiger partial charge in [-0.2, -0.15) is 0 Å². The van der Waals surface area contributed by atoms with Gasteiger partial charge in [0.05, 0.1) is 0 Å². The Morgan fingerprint density at radius 1 is 1.26 bits per heavy atom. The van der Waals surface area contributed by atoms with E-state index in [0.29, 0.717) is 0 Å². The molecule has 0 radical (unpaired) electrons. The van der Waals surface area contributed by atoms with Crippen LogP contribution in [0.1, 0.15) is 0 Å². The van der Waals surface area contributed by atoms with Gasteiger partial charge in [-0.05, 0) is 18.2 Å². The molecule has 1 aromatic rings. The number of halogens is 1. The Morgan fingerprint density at radius 2 is 1.89 bits per heavy atom. The van der Waals surface area contributed by atoms with Gasteiger partial charge in [0.25, 0.3) is 0 Å². The van der Waals surface area contributed by atoms with Gasteiger partial charge in [-0.3, -0.25) is 9.59 Å². The van der Waals surface area contributed by atoms with Crippen LogP contribution in [0.5, 0.6) is 0 Å². The molecule has 19 heavy (non-hydrogen) atoms. The summed E-state index contributed by atoms with van der Waals surface area (Å²) in [6.07, 6.45) is 3.02. The Balaban J connectivity index is 2.73. The maximum atomic E-state index is 12.9. The second-order valence-electron chi connectivity index (χ2n) is 3.75. The minimum Gasteiger partial charge on any atom is -0.327 e. The number of hydrogen-bond acceptors (Lipinski definition) is 2. The maximum absolute atomic E-state index is 12.9. The molecule has 0 bridgehead atoms. The summed E-state index contributed by atoms with van der Waals surface area (Å²) >= 11 is 0. The van der Waals surface area contributed by atoms with Crippen LogP contribution in [0.15, 0.2) is 49.6 Å². The Hall–Kier alpha value is -2.43. The van der Waals surface area contributed by atoms with Gasteiger partial charge < -0.3 is 10.2 Å². The van der Waals surface area contributed by atoms with Crippen molar-refractivity contribution < 1.29 is 14.0 Å². The van der Waals surface area contributed by atoms with E-state index >= 15 is 0 Å². The van der Waals surface area contributed by atoms with E-state index in [-0.39, 0.29) is 18.8 Å². The quantitative estimate of drug-likeness (QED) is 0.651. The van der Waals surface area contributed by atoms with Crippen LogP contribution >= 0.6 is 0 Å². The summed E-state index contributed by atoms with van der Waals surface area (Å²) in [4.78, 5) is 24.8. The number of amides is 2. The molecule has 1 aromatic carbocycles. The largest absolute Gasteiger partial charge is 0.327 e. The number of nitrogens with one attached hydrogen (secondary N) is 1. The first-order valence-corrected chi connectivity index (χ1v) is 5.66. The van der Waals surface area contributed by atoms with E-state index in [1.807, 2.05) is 0 Å². The zero-order valence-corrected chi connectivity index (χ0v) is 10.4. The molecule has 0 aliphatic carbocycles. The maximum Gasteiger partial charge on any atom is 0.313 e. The fourth-order valence-corrected chi connectivity index (χ4v) is 1.45. The van der Waals surface area contributed by atoms with Crippen molar-refractivity contribution in [3.05, 3.63) is 55.4 Å². The van der Waals surface area contributed by atoms with Gasteiger partial charge in [0.2, 0.25) is 0 Å². The lowest BCUT2D eigenvalue weighted by molar-refractivity contribution is -0.142. The molecule has 5 heteroatoms. The zero-order valence-electron chi connectivity index (χ0n) is 10.4. The summed E-state index contributed by atoms with van der Waals surface area (Å²) in [5.41, 5.74) is 0.232. The van der Waals surface area contributed by atoms with Crippen molar-refractivity contribution in [3.8, 4) is 0 Å². The minimum absolute atomic E-state index is 0.232. The van der Waals surface area contributed by atoms with Crippen LogP contribution in [0.4, 0.5) is 10.1 Å². The SMILES string of the molecule is C=CCN(CC=C)C(=O)C(=O)Nc1cccc(F)c1. The molecule has 0 saturated heterocycles. The van der Waals surface area contributed by atoms with Crippen molar-refractivity contribution in [3.63, 3.8) is 0 Å². The van der Waals surface area contributed by atoms with E-state index in [2.05, 4.69) is 18.5 Å². The zero-order chi connectivity index (χ0) is 14.3. The van der Waals surface area contributed by atoms with Gasteiger partial charge >= 0.3 is 11.8 Å². The van der Waals surface area contributed by atoms with Gasteiger partial charge in [-0.1, -0.05) is 18.2 Å². The lowest BCUT2D eigenvalue weighted by Crippen LogP contribution is -2.39. The topological polar surface area (TPSA) is 49.4 Å². The monoisotopic (exact) mass is 262 g/mol. The molecule has 100 valence electrons. The number of hydrogen-bond donors (Lipinski definition) is 1. The average molecular weight is 262 g/mol. The smallest absolute Gasteiger partial charge is 0.313 e. The first-order chi connectivity index (χ1) is 9.08.